The van der Waals surface area contributed by atoms with E-state index in [4.69, 9.17) is 0 Å². The van der Waals surface area contributed by atoms with Crippen LogP contribution in [0, 0.1) is 0 Å². The summed E-state index contributed by atoms with van der Waals surface area (Å²) in [5.74, 6) is 0.467. The zero-order valence-corrected chi connectivity index (χ0v) is 14.2. The molecule has 0 saturated heterocycles. The van der Waals surface area contributed by atoms with Crippen molar-refractivity contribution in [2.45, 2.75) is 32.6 Å². The summed E-state index contributed by atoms with van der Waals surface area (Å²) in [6, 6.07) is 3.49. The molecule has 3 heterocycles. The molecule has 0 bridgehead atoms. The summed E-state index contributed by atoms with van der Waals surface area (Å²) in [5.41, 5.74) is 0.474. The zero-order chi connectivity index (χ0) is 16.8. The molecule has 0 unspecified atom stereocenters. The third kappa shape index (κ3) is 4.02. The van der Waals surface area contributed by atoms with Gasteiger partial charge in [0.15, 0.2) is 0 Å². The number of nitrogens with zero attached hydrogens (tertiary/aromatic N) is 5. The van der Waals surface area contributed by atoms with Crippen LogP contribution in [0.25, 0.3) is 5.82 Å². The topological polar surface area (TPSA) is 85.6 Å². The van der Waals surface area contributed by atoms with Crippen molar-refractivity contribution in [1.82, 2.24) is 24.7 Å². The number of hydrogen-bond acceptors (Lipinski definition) is 6. The number of unbranched alkanes of at least 4 members (excludes halogenated alkanes) is 2. The first-order chi connectivity index (χ1) is 11.8. The number of carbonyl (C=O) groups excluding carboxylic acids is 1. The number of aryl methyl sites for hydroxylation is 1. The Morgan fingerprint density at radius 1 is 1.29 bits per heavy atom. The predicted molar refractivity (Wildman–Crippen MR) is 92.5 cm³/mol. The number of hydrogen-bond donors (Lipinski definition) is 1. The maximum atomic E-state index is 12.3. The van der Waals surface area contributed by atoms with E-state index in [9.17, 15) is 4.79 Å². The van der Waals surface area contributed by atoms with Crippen LogP contribution >= 0.6 is 11.3 Å². The minimum absolute atomic E-state index is 0.240. The van der Waals surface area contributed by atoms with Crippen molar-refractivity contribution in [1.29, 1.82) is 0 Å². The van der Waals surface area contributed by atoms with E-state index in [0.29, 0.717) is 16.5 Å². The summed E-state index contributed by atoms with van der Waals surface area (Å²) in [5, 5.41) is 12.4. The van der Waals surface area contributed by atoms with Gasteiger partial charge >= 0.3 is 0 Å². The van der Waals surface area contributed by atoms with Gasteiger partial charge in [-0.05, 0) is 18.6 Å². The molecule has 3 rings (SSSR count). The van der Waals surface area contributed by atoms with E-state index in [1.54, 1.807) is 35.4 Å². The number of amides is 1. The minimum Gasteiger partial charge on any atom is -0.296 e. The van der Waals surface area contributed by atoms with Crippen LogP contribution in [0.2, 0.25) is 0 Å². The van der Waals surface area contributed by atoms with E-state index in [-0.39, 0.29) is 5.91 Å². The Morgan fingerprint density at radius 2 is 2.21 bits per heavy atom. The first-order valence-corrected chi connectivity index (χ1v) is 8.66. The monoisotopic (exact) mass is 342 g/mol. The molecule has 3 aromatic heterocycles. The highest BCUT2D eigenvalue weighted by Crippen LogP contribution is 2.18. The lowest BCUT2D eigenvalue weighted by molar-refractivity contribution is 0.102. The number of aromatic nitrogens is 5. The molecule has 0 atom stereocenters. The van der Waals surface area contributed by atoms with Crippen LogP contribution < -0.4 is 5.32 Å². The van der Waals surface area contributed by atoms with Gasteiger partial charge in [-0.15, -0.1) is 10.2 Å². The van der Waals surface area contributed by atoms with Crippen LogP contribution in [-0.2, 0) is 6.42 Å². The Hall–Kier alpha value is -2.61. The average molecular weight is 342 g/mol. The molecule has 0 saturated carbocycles. The van der Waals surface area contributed by atoms with Crippen LogP contribution in [-0.4, -0.2) is 30.6 Å². The number of rotatable bonds is 7. The molecule has 0 aliphatic rings. The zero-order valence-electron chi connectivity index (χ0n) is 13.3. The van der Waals surface area contributed by atoms with Crippen molar-refractivity contribution >= 4 is 22.4 Å². The van der Waals surface area contributed by atoms with Crippen LogP contribution in [0.4, 0.5) is 5.13 Å². The molecule has 24 heavy (non-hydrogen) atoms. The van der Waals surface area contributed by atoms with Gasteiger partial charge in [0.05, 0.1) is 5.56 Å². The van der Waals surface area contributed by atoms with Gasteiger partial charge in [0.1, 0.15) is 17.2 Å². The highest BCUT2D eigenvalue weighted by atomic mass is 32.1. The molecular formula is C16H18N6OS. The van der Waals surface area contributed by atoms with Crippen molar-refractivity contribution in [2.24, 2.45) is 0 Å². The molecule has 0 aromatic carbocycles. The molecule has 124 valence electrons. The second-order valence-corrected chi connectivity index (χ2v) is 6.35. The summed E-state index contributed by atoms with van der Waals surface area (Å²) >= 11 is 1.42. The van der Waals surface area contributed by atoms with E-state index in [2.05, 4.69) is 32.4 Å². The van der Waals surface area contributed by atoms with Gasteiger partial charge in [0.2, 0.25) is 5.13 Å². The molecular weight excluding hydrogens is 324 g/mol. The van der Waals surface area contributed by atoms with Gasteiger partial charge in [0, 0.05) is 25.0 Å². The van der Waals surface area contributed by atoms with Crippen molar-refractivity contribution in [2.75, 3.05) is 5.32 Å². The van der Waals surface area contributed by atoms with Crippen molar-refractivity contribution in [3.05, 3.63) is 47.6 Å². The Labute approximate surface area is 143 Å². The fraction of sp³-hybridized carbons (Fsp3) is 0.312. The number of imidazole rings is 1. The van der Waals surface area contributed by atoms with Crippen LogP contribution in [0.1, 0.15) is 41.6 Å². The van der Waals surface area contributed by atoms with E-state index < -0.39 is 0 Å². The summed E-state index contributed by atoms with van der Waals surface area (Å²) in [4.78, 5) is 20.5. The predicted octanol–water partition coefficient (Wildman–Crippen LogP) is 3.10. The Balaban J connectivity index is 1.60. The molecule has 3 aromatic rings. The Kier molecular flexibility index (Phi) is 5.27. The first kappa shape index (κ1) is 16.3. The second-order valence-electron chi connectivity index (χ2n) is 5.29. The lowest BCUT2D eigenvalue weighted by Crippen LogP contribution is -2.12. The maximum Gasteiger partial charge on any atom is 0.259 e. The van der Waals surface area contributed by atoms with Gasteiger partial charge in [-0.2, -0.15) is 0 Å². The largest absolute Gasteiger partial charge is 0.296 e. The van der Waals surface area contributed by atoms with Crippen LogP contribution in [0.5, 0.6) is 0 Å². The molecule has 0 aliphatic heterocycles. The van der Waals surface area contributed by atoms with Gasteiger partial charge in [-0.3, -0.25) is 14.7 Å². The summed E-state index contributed by atoms with van der Waals surface area (Å²) in [6.07, 6.45) is 11.0. The van der Waals surface area contributed by atoms with Crippen LogP contribution in [0.3, 0.4) is 0 Å². The molecule has 0 aliphatic carbocycles. The Morgan fingerprint density at radius 3 is 2.92 bits per heavy atom. The average Bonchev–Trinajstić information content (AvgIpc) is 3.27. The van der Waals surface area contributed by atoms with Crippen molar-refractivity contribution < 1.29 is 4.79 Å². The van der Waals surface area contributed by atoms with Gasteiger partial charge < -0.3 is 0 Å². The van der Waals surface area contributed by atoms with E-state index in [0.717, 1.165) is 17.8 Å². The standard InChI is InChI=1S/C16H18N6OS/c1-2-3-4-5-14-20-21-16(24-14)19-15(23)12-6-7-13(18-10-12)22-9-8-17-11-22/h6-11H,2-5H2,1H3,(H,19,21,23). The lowest BCUT2D eigenvalue weighted by atomic mass is 10.2. The summed E-state index contributed by atoms with van der Waals surface area (Å²) in [7, 11) is 0. The minimum atomic E-state index is -0.240. The third-order valence-corrected chi connectivity index (χ3v) is 4.36. The summed E-state index contributed by atoms with van der Waals surface area (Å²) < 4.78 is 1.77. The molecule has 1 N–H and O–H groups in total. The van der Waals surface area contributed by atoms with E-state index >= 15 is 0 Å². The highest BCUT2D eigenvalue weighted by molar-refractivity contribution is 7.15. The van der Waals surface area contributed by atoms with Crippen molar-refractivity contribution in [3.8, 4) is 5.82 Å². The third-order valence-electron chi connectivity index (χ3n) is 3.46. The fourth-order valence-corrected chi connectivity index (χ4v) is 2.95. The number of pyridine rings is 1. The quantitative estimate of drug-likeness (QED) is 0.667. The first-order valence-electron chi connectivity index (χ1n) is 7.84. The highest BCUT2D eigenvalue weighted by Gasteiger charge is 2.11. The smallest absolute Gasteiger partial charge is 0.259 e. The molecule has 0 radical (unpaired) electrons. The molecule has 0 spiro atoms. The summed E-state index contributed by atoms with van der Waals surface area (Å²) in [6.45, 7) is 2.16. The van der Waals surface area contributed by atoms with E-state index in [1.165, 1.54) is 30.4 Å². The van der Waals surface area contributed by atoms with Gasteiger partial charge in [-0.1, -0.05) is 31.1 Å². The van der Waals surface area contributed by atoms with E-state index in [1.807, 2.05) is 0 Å². The van der Waals surface area contributed by atoms with Crippen molar-refractivity contribution in [3.63, 3.8) is 0 Å². The number of carbonyl (C=O) groups is 1. The fourth-order valence-electron chi connectivity index (χ4n) is 2.17. The second kappa shape index (κ2) is 7.78. The Bertz CT molecular complexity index is 781. The van der Waals surface area contributed by atoms with Gasteiger partial charge in [0.25, 0.3) is 5.91 Å². The van der Waals surface area contributed by atoms with Gasteiger partial charge in [-0.25, -0.2) is 9.97 Å². The number of nitrogens with one attached hydrogen (secondary N) is 1. The lowest BCUT2D eigenvalue weighted by Gasteiger charge is -2.03. The molecule has 1 amide bonds. The normalized spacial score (nSPS) is 10.7. The maximum absolute atomic E-state index is 12.3. The SMILES string of the molecule is CCCCCc1nnc(NC(=O)c2ccc(-n3ccnc3)nc2)s1. The number of anilines is 1. The molecule has 8 heteroatoms. The van der Waals surface area contributed by atoms with Crippen LogP contribution in [0.15, 0.2) is 37.1 Å². The molecule has 0 fully saturated rings. The molecule has 7 nitrogen and oxygen atoms in total.